The van der Waals surface area contributed by atoms with Crippen molar-refractivity contribution in [1.29, 1.82) is 0 Å². The third-order valence-electron chi connectivity index (χ3n) is 3.80. The van der Waals surface area contributed by atoms with Gasteiger partial charge in [0.15, 0.2) is 0 Å². The summed E-state index contributed by atoms with van der Waals surface area (Å²) < 4.78 is 19.1. The summed E-state index contributed by atoms with van der Waals surface area (Å²) in [7, 11) is 0. The van der Waals surface area contributed by atoms with E-state index in [1.165, 1.54) is 0 Å². The van der Waals surface area contributed by atoms with Crippen LogP contribution in [0.2, 0.25) is 0 Å². The van der Waals surface area contributed by atoms with E-state index in [4.69, 9.17) is 4.74 Å². The van der Waals surface area contributed by atoms with Crippen LogP contribution in [-0.4, -0.2) is 11.7 Å². The van der Waals surface area contributed by atoms with Crippen LogP contribution in [-0.2, 0) is 6.42 Å². The zero-order valence-corrected chi connectivity index (χ0v) is 11.6. The molecule has 20 heavy (non-hydrogen) atoms. The Labute approximate surface area is 117 Å². The summed E-state index contributed by atoms with van der Waals surface area (Å²) in [5.41, 5.74) is 3.78. The van der Waals surface area contributed by atoms with Gasteiger partial charge in [-0.1, -0.05) is 18.2 Å². The minimum absolute atomic E-state index is 0.205. The van der Waals surface area contributed by atoms with Gasteiger partial charge >= 0.3 is 0 Å². The SMILES string of the molecule is Cc1cc(C(O)c2ccc3c(c2)CCO3)cc(C)c1F. The Morgan fingerprint density at radius 3 is 2.50 bits per heavy atom. The molecular weight excluding hydrogens is 255 g/mol. The van der Waals surface area contributed by atoms with Gasteiger partial charge in [-0.2, -0.15) is 0 Å². The number of aryl methyl sites for hydroxylation is 2. The highest BCUT2D eigenvalue weighted by atomic mass is 19.1. The summed E-state index contributed by atoms with van der Waals surface area (Å²) in [5.74, 6) is 0.690. The van der Waals surface area contributed by atoms with Crippen molar-refractivity contribution in [3.05, 3.63) is 64.0 Å². The minimum atomic E-state index is -0.737. The number of ether oxygens (including phenoxy) is 1. The van der Waals surface area contributed by atoms with Crippen LogP contribution >= 0.6 is 0 Å². The molecule has 0 amide bonds. The van der Waals surface area contributed by atoms with E-state index < -0.39 is 6.10 Å². The van der Waals surface area contributed by atoms with E-state index in [0.29, 0.717) is 17.7 Å². The van der Waals surface area contributed by atoms with Gasteiger partial charge in [0.1, 0.15) is 17.7 Å². The van der Waals surface area contributed by atoms with E-state index in [2.05, 4.69) is 0 Å². The van der Waals surface area contributed by atoms with Crippen LogP contribution in [0.25, 0.3) is 0 Å². The van der Waals surface area contributed by atoms with E-state index >= 15 is 0 Å². The number of halogens is 1. The van der Waals surface area contributed by atoms with Gasteiger partial charge in [0.25, 0.3) is 0 Å². The van der Waals surface area contributed by atoms with E-state index in [1.807, 2.05) is 18.2 Å². The number of rotatable bonds is 2. The summed E-state index contributed by atoms with van der Waals surface area (Å²) >= 11 is 0. The number of hydrogen-bond acceptors (Lipinski definition) is 2. The summed E-state index contributed by atoms with van der Waals surface area (Å²) in [5, 5.41) is 10.5. The zero-order chi connectivity index (χ0) is 14.3. The fourth-order valence-corrected chi connectivity index (χ4v) is 2.71. The lowest BCUT2D eigenvalue weighted by Crippen LogP contribution is -2.02. The topological polar surface area (TPSA) is 29.5 Å². The fraction of sp³-hybridized carbons (Fsp3) is 0.294. The average Bonchev–Trinajstić information content (AvgIpc) is 2.90. The van der Waals surface area contributed by atoms with E-state index in [1.54, 1.807) is 26.0 Å². The maximum absolute atomic E-state index is 13.7. The van der Waals surface area contributed by atoms with Crippen molar-refractivity contribution >= 4 is 0 Å². The van der Waals surface area contributed by atoms with Crippen LogP contribution in [0.15, 0.2) is 30.3 Å². The third kappa shape index (κ3) is 2.18. The number of aliphatic hydroxyl groups excluding tert-OH is 1. The Bertz CT molecular complexity index is 641. The molecule has 0 spiro atoms. The predicted octanol–water partition coefficient (Wildman–Crippen LogP) is 3.46. The first-order valence-electron chi connectivity index (χ1n) is 6.76. The van der Waals surface area contributed by atoms with Crippen LogP contribution < -0.4 is 4.74 Å². The maximum Gasteiger partial charge on any atom is 0.129 e. The Kier molecular flexibility index (Phi) is 3.22. The van der Waals surface area contributed by atoms with Crippen molar-refractivity contribution in [1.82, 2.24) is 0 Å². The molecule has 0 saturated carbocycles. The molecule has 0 aromatic heterocycles. The Balaban J connectivity index is 1.98. The molecule has 1 aliphatic rings. The van der Waals surface area contributed by atoms with E-state index in [9.17, 15) is 9.50 Å². The molecule has 0 radical (unpaired) electrons. The largest absolute Gasteiger partial charge is 0.493 e. The zero-order valence-electron chi connectivity index (χ0n) is 11.6. The van der Waals surface area contributed by atoms with Crippen molar-refractivity contribution < 1.29 is 14.2 Å². The Morgan fingerprint density at radius 1 is 1.10 bits per heavy atom. The van der Waals surface area contributed by atoms with Crippen LogP contribution in [0, 0.1) is 19.7 Å². The molecule has 0 bridgehead atoms. The highest BCUT2D eigenvalue weighted by Gasteiger charge is 2.18. The van der Waals surface area contributed by atoms with Gasteiger partial charge in [0.2, 0.25) is 0 Å². The third-order valence-corrected chi connectivity index (χ3v) is 3.80. The van der Waals surface area contributed by atoms with Crippen LogP contribution in [0.1, 0.15) is 33.9 Å². The molecule has 1 unspecified atom stereocenters. The average molecular weight is 272 g/mol. The van der Waals surface area contributed by atoms with Gasteiger partial charge in [-0.25, -0.2) is 4.39 Å². The molecule has 3 rings (SSSR count). The Morgan fingerprint density at radius 2 is 1.80 bits per heavy atom. The number of hydrogen-bond donors (Lipinski definition) is 1. The highest BCUT2D eigenvalue weighted by molar-refractivity contribution is 5.43. The summed E-state index contributed by atoms with van der Waals surface area (Å²) in [6.45, 7) is 4.13. The summed E-state index contributed by atoms with van der Waals surface area (Å²) in [4.78, 5) is 0. The molecule has 2 aromatic rings. The first-order valence-corrected chi connectivity index (χ1v) is 6.76. The molecular formula is C17H17FO2. The molecule has 3 heteroatoms. The first-order chi connectivity index (χ1) is 9.56. The van der Waals surface area contributed by atoms with Crippen LogP contribution in [0.3, 0.4) is 0 Å². The van der Waals surface area contributed by atoms with Gasteiger partial charge < -0.3 is 9.84 Å². The van der Waals surface area contributed by atoms with Gasteiger partial charge in [0, 0.05) is 6.42 Å². The molecule has 0 saturated heterocycles. The summed E-state index contributed by atoms with van der Waals surface area (Å²) in [6, 6.07) is 9.14. The first kappa shape index (κ1) is 13.1. The van der Waals surface area contributed by atoms with E-state index in [-0.39, 0.29) is 5.82 Å². The maximum atomic E-state index is 13.7. The molecule has 2 aromatic carbocycles. The number of benzene rings is 2. The van der Waals surface area contributed by atoms with Crippen molar-refractivity contribution in [2.75, 3.05) is 6.61 Å². The van der Waals surface area contributed by atoms with Gasteiger partial charge in [-0.05, 0) is 53.8 Å². The quantitative estimate of drug-likeness (QED) is 0.907. The second-order valence-electron chi connectivity index (χ2n) is 5.34. The molecule has 1 N–H and O–H groups in total. The lowest BCUT2D eigenvalue weighted by Gasteiger charge is -2.15. The second-order valence-corrected chi connectivity index (χ2v) is 5.34. The van der Waals surface area contributed by atoms with Gasteiger partial charge in [-0.3, -0.25) is 0 Å². The highest BCUT2D eigenvalue weighted by Crippen LogP contribution is 2.31. The fourth-order valence-electron chi connectivity index (χ4n) is 2.71. The monoisotopic (exact) mass is 272 g/mol. The molecule has 1 heterocycles. The Hall–Kier alpha value is -1.87. The number of fused-ring (bicyclic) bond motifs is 1. The molecule has 0 aliphatic carbocycles. The second kappa shape index (κ2) is 4.91. The normalized spacial score (nSPS) is 14.8. The van der Waals surface area contributed by atoms with Crippen molar-refractivity contribution in [2.45, 2.75) is 26.4 Å². The molecule has 104 valence electrons. The molecule has 1 aliphatic heterocycles. The lowest BCUT2D eigenvalue weighted by molar-refractivity contribution is 0.220. The lowest BCUT2D eigenvalue weighted by atomic mass is 9.96. The van der Waals surface area contributed by atoms with E-state index in [0.717, 1.165) is 28.9 Å². The summed E-state index contributed by atoms with van der Waals surface area (Å²) in [6.07, 6.45) is 0.135. The molecule has 0 fully saturated rings. The standard InChI is InChI=1S/C17H17FO2/c1-10-7-14(8-11(2)16(10)18)17(19)13-3-4-15-12(9-13)5-6-20-15/h3-4,7-9,17,19H,5-6H2,1-2H3. The molecule has 2 nitrogen and oxygen atoms in total. The van der Waals surface area contributed by atoms with Crippen molar-refractivity contribution in [3.63, 3.8) is 0 Å². The van der Waals surface area contributed by atoms with Gasteiger partial charge in [-0.15, -0.1) is 0 Å². The van der Waals surface area contributed by atoms with Gasteiger partial charge in [0.05, 0.1) is 6.61 Å². The van der Waals surface area contributed by atoms with Crippen LogP contribution in [0.4, 0.5) is 4.39 Å². The molecule has 1 atom stereocenters. The minimum Gasteiger partial charge on any atom is -0.493 e. The van der Waals surface area contributed by atoms with Crippen molar-refractivity contribution in [2.24, 2.45) is 0 Å². The number of aliphatic hydroxyl groups is 1. The smallest absolute Gasteiger partial charge is 0.129 e. The predicted molar refractivity (Wildman–Crippen MR) is 75.6 cm³/mol. The van der Waals surface area contributed by atoms with Crippen molar-refractivity contribution in [3.8, 4) is 5.75 Å². The van der Waals surface area contributed by atoms with Crippen LogP contribution in [0.5, 0.6) is 5.75 Å².